The fourth-order valence-corrected chi connectivity index (χ4v) is 0.807. The molecule has 0 heterocycles. The first kappa shape index (κ1) is 11.5. The number of ether oxygens (including phenoxy) is 1. The minimum Gasteiger partial charge on any atom is -0.469 e. The van der Waals surface area contributed by atoms with Gasteiger partial charge in [-0.15, -0.1) is 6.42 Å². The number of hydrogen-bond acceptors (Lipinski definition) is 3. The number of terminal acetylenes is 1. The van der Waals surface area contributed by atoms with Crippen molar-refractivity contribution in [3.63, 3.8) is 0 Å². The first-order valence-corrected chi connectivity index (χ1v) is 3.90. The minimum atomic E-state index is -0.392. The van der Waals surface area contributed by atoms with Gasteiger partial charge in [-0.05, 0) is 6.42 Å². The molecule has 0 rings (SSSR count). The van der Waals surface area contributed by atoms with Crippen LogP contribution in [0.25, 0.3) is 0 Å². The fraction of sp³-hybridized carbons (Fsp3) is 0.556. The second-order valence-electron chi connectivity index (χ2n) is 2.53. The quantitative estimate of drug-likeness (QED) is 0.496. The molecule has 0 radical (unpaired) electrons. The molecule has 0 aromatic rings. The van der Waals surface area contributed by atoms with E-state index in [0.717, 1.165) is 0 Å². The Labute approximate surface area is 77.6 Å². The molecule has 0 aliphatic heterocycles. The Balaban J connectivity index is 3.80. The van der Waals surface area contributed by atoms with Crippen LogP contribution in [0.3, 0.4) is 0 Å². The number of amides is 1. The summed E-state index contributed by atoms with van der Waals surface area (Å²) < 4.78 is 4.43. The molecule has 0 saturated carbocycles. The van der Waals surface area contributed by atoms with E-state index in [-0.39, 0.29) is 18.3 Å². The van der Waals surface area contributed by atoms with Crippen LogP contribution in [0, 0.1) is 12.3 Å². The number of rotatable bonds is 4. The number of carbonyl (C=O) groups is 2. The summed E-state index contributed by atoms with van der Waals surface area (Å²) in [5.74, 6) is 1.84. The van der Waals surface area contributed by atoms with Crippen molar-refractivity contribution in [2.75, 3.05) is 7.11 Å². The smallest absolute Gasteiger partial charge is 0.305 e. The lowest BCUT2D eigenvalue weighted by atomic mass is 10.1. The van der Waals surface area contributed by atoms with Gasteiger partial charge in [0.1, 0.15) is 0 Å². The Morgan fingerprint density at radius 3 is 2.62 bits per heavy atom. The van der Waals surface area contributed by atoms with Gasteiger partial charge in [-0.3, -0.25) is 9.59 Å². The molecule has 1 amide bonds. The summed E-state index contributed by atoms with van der Waals surface area (Å²) in [5, 5.41) is 2.53. The van der Waals surface area contributed by atoms with Crippen LogP contribution in [0.15, 0.2) is 0 Å². The molecular formula is C9H13NO3. The van der Waals surface area contributed by atoms with Gasteiger partial charge >= 0.3 is 5.97 Å². The molecule has 4 heteroatoms. The third-order valence-corrected chi connectivity index (χ3v) is 1.44. The maximum Gasteiger partial charge on any atom is 0.305 e. The van der Waals surface area contributed by atoms with Gasteiger partial charge in [0.25, 0.3) is 0 Å². The molecule has 4 nitrogen and oxygen atoms in total. The first-order valence-electron chi connectivity index (χ1n) is 3.90. The first-order chi connectivity index (χ1) is 6.10. The average Bonchev–Trinajstić information content (AvgIpc) is 2.10. The van der Waals surface area contributed by atoms with Gasteiger partial charge in [0.2, 0.25) is 5.91 Å². The third kappa shape index (κ3) is 5.74. The highest BCUT2D eigenvalue weighted by Crippen LogP contribution is 1.97. The Bertz CT molecular complexity index is 230. The molecule has 13 heavy (non-hydrogen) atoms. The van der Waals surface area contributed by atoms with Gasteiger partial charge in [0.05, 0.1) is 13.2 Å². The summed E-state index contributed by atoms with van der Waals surface area (Å²) in [6.07, 6.45) is 5.75. The molecule has 0 bridgehead atoms. The fourth-order valence-electron chi connectivity index (χ4n) is 0.807. The maximum atomic E-state index is 10.7. The topological polar surface area (TPSA) is 55.4 Å². The highest BCUT2D eigenvalue weighted by molar-refractivity contribution is 5.74. The lowest BCUT2D eigenvalue weighted by molar-refractivity contribution is -0.140. The average molecular weight is 183 g/mol. The van der Waals surface area contributed by atoms with Gasteiger partial charge in [0, 0.05) is 13.3 Å². The molecule has 0 aliphatic carbocycles. The SMILES string of the molecule is C#CC(CCC(=O)OC)NC(C)=O. The lowest BCUT2D eigenvalue weighted by Crippen LogP contribution is -2.32. The van der Waals surface area contributed by atoms with Crippen LogP contribution in [0.2, 0.25) is 0 Å². The summed E-state index contributed by atoms with van der Waals surface area (Å²) in [6.45, 7) is 1.38. The van der Waals surface area contributed by atoms with E-state index in [9.17, 15) is 9.59 Å². The Morgan fingerprint density at radius 1 is 1.62 bits per heavy atom. The zero-order valence-corrected chi connectivity index (χ0v) is 7.79. The summed E-state index contributed by atoms with van der Waals surface area (Å²) in [5.41, 5.74) is 0. The van der Waals surface area contributed by atoms with Crippen molar-refractivity contribution in [3.8, 4) is 12.3 Å². The van der Waals surface area contributed by atoms with Gasteiger partial charge in [0.15, 0.2) is 0 Å². The van der Waals surface area contributed by atoms with Gasteiger partial charge < -0.3 is 10.1 Å². The molecule has 72 valence electrons. The van der Waals surface area contributed by atoms with E-state index >= 15 is 0 Å². The molecular weight excluding hydrogens is 170 g/mol. The lowest BCUT2D eigenvalue weighted by Gasteiger charge is -2.09. The van der Waals surface area contributed by atoms with Crippen LogP contribution < -0.4 is 5.32 Å². The predicted octanol–water partition coefficient (Wildman–Crippen LogP) is 0.0775. The number of nitrogens with one attached hydrogen (secondary N) is 1. The third-order valence-electron chi connectivity index (χ3n) is 1.44. The Kier molecular flexibility index (Phi) is 5.37. The molecule has 0 aromatic heterocycles. The van der Waals surface area contributed by atoms with Crippen molar-refractivity contribution < 1.29 is 14.3 Å². The maximum absolute atomic E-state index is 10.7. The van der Waals surface area contributed by atoms with E-state index in [1.165, 1.54) is 14.0 Å². The molecule has 1 N–H and O–H groups in total. The van der Waals surface area contributed by atoms with Crippen LogP contribution in [0.5, 0.6) is 0 Å². The van der Waals surface area contributed by atoms with Crippen molar-refractivity contribution in [1.82, 2.24) is 5.32 Å². The number of esters is 1. The van der Waals surface area contributed by atoms with Gasteiger partial charge in [-0.2, -0.15) is 0 Å². The molecule has 0 fully saturated rings. The normalized spacial score (nSPS) is 11.2. The summed E-state index contributed by atoms with van der Waals surface area (Å²) in [7, 11) is 1.31. The van der Waals surface area contributed by atoms with Crippen LogP contribution in [0.1, 0.15) is 19.8 Å². The number of carbonyl (C=O) groups excluding carboxylic acids is 2. The van der Waals surface area contributed by atoms with E-state index < -0.39 is 6.04 Å². The summed E-state index contributed by atoms with van der Waals surface area (Å²) >= 11 is 0. The summed E-state index contributed by atoms with van der Waals surface area (Å²) in [4.78, 5) is 21.3. The molecule has 0 spiro atoms. The molecule has 0 aliphatic rings. The Hall–Kier alpha value is -1.50. The van der Waals surface area contributed by atoms with Crippen molar-refractivity contribution in [1.29, 1.82) is 0 Å². The number of methoxy groups -OCH3 is 1. The van der Waals surface area contributed by atoms with E-state index in [1.54, 1.807) is 0 Å². The molecule has 0 saturated heterocycles. The summed E-state index contributed by atoms with van der Waals surface area (Å²) in [6, 6.07) is -0.392. The Morgan fingerprint density at radius 2 is 2.23 bits per heavy atom. The highest BCUT2D eigenvalue weighted by Gasteiger charge is 2.09. The number of hydrogen-bond donors (Lipinski definition) is 1. The molecule has 1 atom stereocenters. The van der Waals surface area contributed by atoms with E-state index in [4.69, 9.17) is 6.42 Å². The highest BCUT2D eigenvalue weighted by atomic mass is 16.5. The van der Waals surface area contributed by atoms with Crippen molar-refractivity contribution in [2.45, 2.75) is 25.8 Å². The van der Waals surface area contributed by atoms with Crippen LogP contribution in [-0.2, 0) is 14.3 Å². The standard InChI is InChI=1S/C9H13NO3/c1-4-8(10-7(2)11)5-6-9(12)13-3/h1,8H,5-6H2,2-3H3,(H,10,11). The van der Waals surface area contributed by atoms with Crippen molar-refractivity contribution >= 4 is 11.9 Å². The second kappa shape index (κ2) is 6.06. The van der Waals surface area contributed by atoms with Crippen LogP contribution in [-0.4, -0.2) is 25.0 Å². The van der Waals surface area contributed by atoms with E-state index in [0.29, 0.717) is 6.42 Å². The van der Waals surface area contributed by atoms with Gasteiger partial charge in [-0.25, -0.2) is 0 Å². The van der Waals surface area contributed by atoms with Crippen molar-refractivity contribution in [3.05, 3.63) is 0 Å². The van der Waals surface area contributed by atoms with Crippen LogP contribution in [0.4, 0.5) is 0 Å². The second-order valence-corrected chi connectivity index (χ2v) is 2.53. The van der Waals surface area contributed by atoms with E-state index in [1.807, 2.05) is 0 Å². The van der Waals surface area contributed by atoms with E-state index in [2.05, 4.69) is 16.0 Å². The zero-order valence-electron chi connectivity index (χ0n) is 7.79. The van der Waals surface area contributed by atoms with Gasteiger partial charge in [-0.1, -0.05) is 5.92 Å². The van der Waals surface area contributed by atoms with Crippen LogP contribution >= 0.6 is 0 Å². The molecule has 1 unspecified atom stereocenters. The minimum absolute atomic E-state index is 0.201. The largest absolute Gasteiger partial charge is 0.469 e. The zero-order chi connectivity index (χ0) is 10.3. The van der Waals surface area contributed by atoms with Crippen molar-refractivity contribution in [2.24, 2.45) is 0 Å². The monoisotopic (exact) mass is 183 g/mol. The molecule has 0 aromatic carbocycles. The predicted molar refractivity (Wildman–Crippen MR) is 47.7 cm³/mol.